The van der Waals surface area contributed by atoms with E-state index in [1.165, 1.54) is 16.2 Å². The number of hydrogen-bond donors (Lipinski definition) is 0. The molecule has 0 fully saturated rings. The van der Waals surface area contributed by atoms with Crippen molar-refractivity contribution in [3.63, 3.8) is 0 Å². The fourth-order valence-electron chi connectivity index (χ4n) is 1.26. The lowest BCUT2D eigenvalue weighted by molar-refractivity contribution is -0.155. The van der Waals surface area contributed by atoms with Crippen LogP contribution < -0.4 is 4.90 Å². The smallest absolute Gasteiger partial charge is 0.306 e. The second kappa shape index (κ2) is 5.95. The largest absolute Gasteiger partial charge is 0.460 e. The quantitative estimate of drug-likeness (QED) is 0.787. The van der Waals surface area contributed by atoms with Gasteiger partial charge in [-0.05, 0) is 20.8 Å². The molecule has 0 N–H and O–H groups in total. The summed E-state index contributed by atoms with van der Waals surface area (Å²) < 4.78 is 5.14. The lowest BCUT2D eigenvalue weighted by Gasteiger charge is -2.19. The molecule has 0 saturated heterocycles. The van der Waals surface area contributed by atoms with Gasteiger partial charge in [0.15, 0.2) is 5.13 Å². The van der Waals surface area contributed by atoms with E-state index >= 15 is 0 Å². The van der Waals surface area contributed by atoms with Gasteiger partial charge in [0, 0.05) is 25.0 Å². The van der Waals surface area contributed by atoms with Crippen LogP contribution in [0.1, 0.15) is 33.6 Å². The van der Waals surface area contributed by atoms with Gasteiger partial charge < -0.3 is 4.74 Å². The van der Waals surface area contributed by atoms with E-state index in [-0.39, 0.29) is 24.7 Å². The zero-order valence-corrected chi connectivity index (χ0v) is 11.9. The fourth-order valence-corrected chi connectivity index (χ4v) is 1.88. The van der Waals surface area contributed by atoms with Gasteiger partial charge in [0.2, 0.25) is 5.91 Å². The molecule has 1 heterocycles. The fraction of sp³-hybridized carbons (Fsp3) is 0.583. The molecule has 6 heteroatoms. The Hall–Kier alpha value is -1.43. The van der Waals surface area contributed by atoms with Crippen molar-refractivity contribution in [3.05, 3.63) is 11.6 Å². The van der Waals surface area contributed by atoms with Crippen LogP contribution in [0.3, 0.4) is 0 Å². The molecule has 0 aliphatic carbocycles. The summed E-state index contributed by atoms with van der Waals surface area (Å²) in [7, 11) is 1.65. The van der Waals surface area contributed by atoms with Crippen LogP contribution in [-0.2, 0) is 14.3 Å². The Morgan fingerprint density at radius 2 is 2.06 bits per heavy atom. The van der Waals surface area contributed by atoms with E-state index in [1.807, 2.05) is 0 Å². The third-order valence-corrected chi connectivity index (χ3v) is 2.89. The first-order valence-electron chi connectivity index (χ1n) is 5.67. The van der Waals surface area contributed by atoms with Crippen molar-refractivity contribution >= 4 is 28.3 Å². The SMILES string of the molecule is CN(C(=O)CCC(=O)OC(C)(C)C)c1nccs1. The van der Waals surface area contributed by atoms with Gasteiger partial charge in [-0.1, -0.05) is 0 Å². The molecule has 18 heavy (non-hydrogen) atoms. The van der Waals surface area contributed by atoms with Crippen LogP contribution >= 0.6 is 11.3 Å². The Kier molecular flexibility index (Phi) is 4.84. The molecule has 1 aromatic heterocycles. The highest BCUT2D eigenvalue weighted by atomic mass is 32.1. The molecule has 0 saturated carbocycles. The molecular weight excluding hydrogens is 252 g/mol. The highest BCUT2D eigenvalue weighted by Gasteiger charge is 2.19. The molecule has 0 aliphatic rings. The van der Waals surface area contributed by atoms with Crippen LogP contribution in [0.2, 0.25) is 0 Å². The molecule has 0 radical (unpaired) electrons. The predicted octanol–water partition coefficient (Wildman–Crippen LogP) is 2.23. The average Bonchev–Trinajstić information content (AvgIpc) is 2.75. The molecule has 0 aromatic carbocycles. The standard InChI is InChI=1S/C12H18N2O3S/c1-12(2,3)17-10(16)6-5-9(15)14(4)11-13-7-8-18-11/h7-8H,5-6H2,1-4H3. The summed E-state index contributed by atoms with van der Waals surface area (Å²) >= 11 is 1.38. The maximum atomic E-state index is 11.8. The second-order valence-electron chi connectivity index (χ2n) is 4.85. The summed E-state index contributed by atoms with van der Waals surface area (Å²) in [4.78, 5) is 28.7. The summed E-state index contributed by atoms with van der Waals surface area (Å²) in [5.41, 5.74) is -0.513. The number of carbonyl (C=O) groups is 2. The normalized spacial score (nSPS) is 11.1. The van der Waals surface area contributed by atoms with Crippen molar-refractivity contribution in [1.82, 2.24) is 4.98 Å². The predicted molar refractivity (Wildman–Crippen MR) is 70.6 cm³/mol. The Morgan fingerprint density at radius 1 is 1.39 bits per heavy atom. The first kappa shape index (κ1) is 14.6. The Labute approximate surface area is 111 Å². The maximum absolute atomic E-state index is 11.8. The number of aromatic nitrogens is 1. The zero-order chi connectivity index (χ0) is 13.8. The third kappa shape index (κ3) is 4.83. The lowest BCUT2D eigenvalue weighted by Crippen LogP contribution is -2.28. The first-order valence-corrected chi connectivity index (χ1v) is 6.55. The minimum Gasteiger partial charge on any atom is -0.460 e. The van der Waals surface area contributed by atoms with Gasteiger partial charge in [-0.3, -0.25) is 14.5 Å². The van der Waals surface area contributed by atoms with Gasteiger partial charge in [0.05, 0.1) is 6.42 Å². The zero-order valence-electron chi connectivity index (χ0n) is 11.1. The molecule has 0 aliphatic heterocycles. The van der Waals surface area contributed by atoms with E-state index in [2.05, 4.69) is 4.98 Å². The van der Waals surface area contributed by atoms with Crippen LogP contribution in [0, 0.1) is 0 Å². The first-order chi connectivity index (χ1) is 8.29. The number of amides is 1. The topological polar surface area (TPSA) is 59.5 Å². The van der Waals surface area contributed by atoms with E-state index in [1.54, 1.807) is 39.4 Å². The number of rotatable bonds is 4. The highest BCUT2D eigenvalue weighted by Crippen LogP contribution is 2.17. The number of anilines is 1. The van der Waals surface area contributed by atoms with Gasteiger partial charge in [-0.25, -0.2) is 4.98 Å². The van der Waals surface area contributed by atoms with Crippen LogP contribution in [0.4, 0.5) is 5.13 Å². The third-order valence-electron chi connectivity index (χ3n) is 2.04. The van der Waals surface area contributed by atoms with E-state index < -0.39 is 5.60 Å². The second-order valence-corrected chi connectivity index (χ2v) is 5.73. The van der Waals surface area contributed by atoms with Crippen molar-refractivity contribution in [2.24, 2.45) is 0 Å². The molecule has 100 valence electrons. The van der Waals surface area contributed by atoms with Crippen LogP contribution in [-0.4, -0.2) is 29.5 Å². The molecule has 0 unspecified atom stereocenters. The molecule has 1 aromatic rings. The van der Waals surface area contributed by atoms with E-state index in [9.17, 15) is 9.59 Å². The van der Waals surface area contributed by atoms with E-state index in [0.717, 1.165) is 0 Å². The Morgan fingerprint density at radius 3 is 2.56 bits per heavy atom. The minimum absolute atomic E-state index is 0.0891. The van der Waals surface area contributed by atoms with Crippen LogP contribution in [0.5, 0.6) is 0 Å². The van der Waals surface area contributed by atoms with Gasteiger partial charge in [-0.15, -0.1) is 11.3 Å². The van der Waals surface area contributed by atoms with Gasteiger partial charge in [-0.2, -0.15) is 0 Å². The van der Waals surface area contributed by atoms with E-state index in [4.69, 9.17) is 4.74 Å². The number of ether oxygens (including phenoxy) is 1. The average molecular weight is 270 g/mol. The summed E-state index contributed by atoms with van der Waals surface area (Å²) in [6.45, 7) is 5.40. The van der Waals surface area contributed by atoms with Crippen molar-refractivity contribution in [1.29, 1.82) is 0 Å². The number of esters is 1. The molecule has 0 spiro atoms. The van der Waals surface area contributed by atoms with Crippen LogP contribution in [0.25, 0.3) is 0 Å². The number of carbonyl (C=O) groups excluding carboxylic acids is 2. The lowest BCUT2D eigenvalue weighted by atomic mass is 10.2. The molecule has 0 atom stereocenters. The minimum atomic E-state index is -0.513. The number of nitrogens with zero attached hydrogens (tertiary/aromatic N) is 2. The highest BCUT2D eigenvalue weighted by molar-refractivity contribution is 7.13. The maximum Gasteiger partial charge on any atom is 0.306 e. The van der Waals surface area contributed by atoms with Crippen molar-refractivity contribution in [2.75, 3.05) is 11.9 Å². The number of hydrogen-bond acceptors (Lipinski definition) is 5. The van der Waals surface area contributed by atoms with Gasteiger partial charge >= 0.3 is 5.97 Å². The summed E-state index contributed by atoms with van der Waals surface area (Å²) in [5.74, 6) is -0.501. The molecule has 5 nitrogen and oxygen atoms in total. The molecule has 1 rings (SSSR count). The van der Waals surface area contributed by atoms with E-state index in [0.29, 0.717) is 5.13 Å². The molecular formula is C12H18N2O3S. The van der Waals surface area contributed by atoms with Crippen molar-refractivity contribution in [2.45, 2.75) is 39.2 Å². The van der Waals surface area contributed by atoms with Crippen molar-refractivity contribution in [3.8, 4) is 0 Å². The van der Waals surface area contributed by atoms with Crippen LogP contribution in [0.15, 0.2) is 11.6 Å². The monoisotopic (exact) mass is 270 g/mol. The summed E-state index contributed by atoms with van der Waals surface area (Å²) in [6.07, 6.45) is 1.86. The van der Waals surface area contributed by atoms with Crippen molar-refractivity contribution < 1.29 is 14.3 Å². The van der Waals surface area contributed by atoms with Gasteiger partial charge in [0.1, 0.15) is 5.60 Å². The summed E-state index contributed by atoms with van der Waals surface area (Å²) in [5, 5.41) is 2.43. The molecule has 1 amide bonds. The Balaban J connectivity index is 2.40. The number of thiazole rings is 1. The molecule has 0 bridgehead atoms. The van der Waals surface area contributed by atoms with Gasteiger partial charge in [0.25, 0.3) is 0 Å². The Bertz CT molecular complexity index is 409. The summed E-state index contributed by atoms with van der Waals surface area (Å²) in [6, 6.07) is 0.